The van der Waals surface area contributed by atoms with Crippen molar-refractivity contribution in [2.24, 2.45) is 0 Å². The maximum absolute atomic E-state index is 12.1. The Hall–Kier alpha value is -1.52. The van der Waals surface area contributed by atoms with Crippen LogP contribution < -0.4 is 4.31 Å². The minimum Gasteiger partial charge on any atom is -0.265 e. The Balaban J connectivity index is 2.46. The van der Waals surface area contributed by atoms with Crippen molar-refractivity contribution in [3.8, 4) is 0 Å². The highest BCUT2D eigenvalue weighted by Crippen LogP contribution is 2.29. The van der Waals surface area contributed by atoms with Crippen LogP contribution in [0.5, 0.6) is 0 Å². The third-order valence-corrected chi connectivity index (χ3v) is 4.54. The lowest BCUT2D eigenvalue weighted by Crippen LogP contribution is -2.29. The van der Waals surface area contributed by atoms with Gasteiger partial charge in [-0.05, 0) is 30.2 Å². The Morgan fingerprint density at radius 2 is 1.65 bits per heavy atom. The highest BCUT2D eigenvalue weighted by atomic mass is 35.5. The lowest BCUT2D eigenvalue weighted by molar-refractivity contribution is 0.596. The van der Waals surface area contributed by atoms with Crippen molar-refractivity contribution < 1.29 is 8.42 Å². The molecule has 0 spiro atoms. The van der Waals surface area contributed by atoms with E-state index in [9.17, 15) is 8.42 Å². The number of anilines is 1. The number of nitrogens with zero attached hydrogens (tertiary/aromatic N) is 1. The minimum atomic E-state index is -3.41. The first-order valence-electron chi connectivity index (χ1n) is 6.16. The summed E-state index contributed by atoms with van der Waals surface area (Å²) in [7, 11) is -3.41. The number of halogens is 1. The SMILES string of the molecule is Cc1ccccc1CN(c1ccccc1Cl)S(C)(=O)=O. The van der Waals surface area contributed by atoms with Crippen LogP contribution in [0.25, 0.3) is 0 Å². The topological polar surface area (TPSA) is 37.4 Å². The quantitative estimate of drug-likeness (QED) is 0.865. The average molecular weight is 310 g/mol. The molecule has 0 aromatic heterocycles. The molecule has 0 atom stereocenters. The molecule has 2 rings (SSSR count). The first-order chi connectivity index (χ1) is 9.39. The first-order valence-corrected chi connectivity index (χ1v) is 8.39. The van der Waals surface area contributed by atoms with Gasteiger partial charge in [-0.25, -0.2) is 8.42 Å². The molecule has 2 aromatic rings. The lowest BCUT2D eigenvalue weighted by Gasteiger charge is -2.24. The van der Waals surface area contributed by atoms with Gasteiger partial charge in [-0.1, -0.05) is 48.0 Å². The van der Waals surface area contributed by atoms with E-state index in [1.165, 1.54) is 10.6 Å². The molecular formula is C15H16ClNO2S. The lowest BCUT2D eigenvalue weighted by atomic mass is 10.1. The van der Waals surface area contributed by atoms with E-state index in [-0.39, 0.29) is 6.54 Å². The van der Waals surface area contributed by atoms with Crippen LogP contribution in [-0.4, -0.2) is 14.7 Å². The third-order valence-electron chi connectivity index (χ3n) is 3.10. The van der Waals surface area contributed by atoms with E-state index >= 15 is 0 Å². The zero-order chi connectivity index (χ0) is 14.8. The Morgan fingerprint density at radius 1 is 1.05 bits per heavy atom. The van der Waals surface area contributed by atoms with E-state index in [0.717, 1.165) is 11.1 Å². The maximum Gasteiger partial charge on any atom is 0.232 e. The van der Waals surface area contributed by atoms with Gasteiger partial charge in [-0.2, -0.15) is 0 Å². The van der Waals surface area contributed by atoms with E-state index < -0.39 is 10.0 Å². The van der Waals surface area contributed by atoms with Crippen LogP contribution in [0, 0.1) is 6.92 Å². The number of para-hydroxylation sites is 1. The molecule has 0 radical (unpaired) electrons. The van der Waals surface area contributed by atoms with E-state index in [2.05, 4.69) is 0 Å². The number of hydrogen-bond acceptors (Lipinski definition) is 2. The third kappa shape index (κ3) is 3.32. The zero-order valence-corrected chi connectivity index (χ0v) is 12.9. The molecule has 2 aromatic carbocycles. The van der Waals surface area contributed by atoms with Crippen molar-refractivity contribution in [2.75, 3.05) is 10.6 Å². The molecule has 0 N–H and O–H groups in total. The normalized spacial score (nSPS) is 11.3. The maximum atomic E-state index is 12.1. The number of benzene rings is 2. The van der Waals surface area contributed by atoms with Gasteiger partial charge in [0.2, 0.25) is 10.0 Å². The minimum absolute atomic E-state index is 0.273. The summed E-state index contributed by atoms with van der Waals surface area (Å²) in [6.07, 6.45) is 1.19. The molecule has 0 aliphatic heterocycles. The van der Waals surface area contributed by atoms with E-state index in [0.29, 0.717) is 10.7 Å². The molecule has 5 heteroatoms. The molecule has 0 amide bonds. The predicted molar refractivity (Wildman–Crippen MR) is 83.7 cm³/mol. The summed E-state index contributed by atoms with van der Waals surface area (Å²) in [6, 6.07) is 14.7. The van der Waals surface area contributed by atoms with Crippen LogP contribution in [0.2, 0.25) is 5.02 Å². The fourth-order valence-corrected chi connectivity index (χ4v) is 3.16. The van der Waals surface area contributed by atoms with Crippen LogP contribution >= 0.6 is 11.6 Å². The van der Waals surface area contributed by atoms with E-state index in [1.807, 2.05) is 31.2 Å². The molecule has 0 heterocycles. The van der Waals surface area contributed by atoms with Crippen LogP contribution in [0.4, 0.5) is 5.69 Å². The second kappa shape index (κ2) is 5.85. The van der Waals surface area contributed by atoms with Crippen molar-refractivity contribution >= 4 is 27.3 Å². The molecule has 0 aliphatic carbocycles. The number of aryl methyl sites for hydroxylation is 1. The monoisotopic (exact) mass is 309 g/mol. The second-order valence-electron chi connectivity index (χ2n) is 4.65. The van der Waals surface area contributed by atoms with Gasteiger partial charge in [-0.15, -0.1) is 0 Å². The summed E-state index contributed by atoms with van der Waals surface area (Å²) < 4.78 is 25.5. The zero-order valence-electron chi connectivity index (χ0n) is 11.4. The predicted octanol–water partition coefficient (Wildman–Crippen LogP) is 3.61. The van der Waals surface area contributed by atoms with Gasteiger partial charge in [0.1, 0.15) is 0 Å². The van der Waals surface area contributed by atoms with Crippen LogP contribution in [0.1, 0.15) is 11.1 Å². The van der Waals surface area contributed by atoms with Gasteiger partial charge in [-0.3, -0.25) is 4.31 Å². The van der Waals surface area contributed by atoms with Gasteiger partial charge in [0.15, 0.2) is 0 Å². The summed E-state index contributed by atoms with van der Waals surface area (Å²) in [5, 5.41) is 0.423. The summed E-state index contributed by atoms with van der Waals surface area (Å²) in [4.78, 5) is 0. The van der Waals surface area contributed by atoms with E-state index in [4.69, 9.17) is 11.6 Å². The molecule has 106 valence electrons. The fourth-order valence-electron chi connectivity index (χ4n) is 1.98. The number of sulfonamides is 1. The standard InChI is InChI=1S/C15H16ClNO2S/c1-12-7-3-4-8-13(12)11-17(20(2,18)19)15-10-6-5-9-14(15)16/h3-10H,11H2,1-2H3. The second-order valence-corrected chi connectivity index (χ2v) is 6.96. The Labute approximate surface area is 124 Å². The fraction of sp³-hybridized carbons (Fsp3) is 0.200. The van der Waals surface area contributed by atoms with Crippen molar-refractivity contribution in [1.29, 1.82) is 0 Å². The summed E-state index contributed by atoms with van der Waals surface area (Å²) in [5.74, 6) is 0. The average Bonchev–Trinajstić information content (AvgIpc) is 2.38. The van der Waals surface area contributed by atoms with Gasteiger partial charge in [0.05, 0.1) is 23.5 Å². The van der Waals surface area contributed by atoms with Gasteiger partial charge in [0.25, 0.3) is 0 Å². The summed E-state index contributed by atoms with van der Waals surface area (Å²) in [6.45, 7) is 2.23. The molecule has 0 fully saturated rings. The van der Waals surface area contributed by atoms with Crippen LogP contribution in [0.3, 0.4) is 0 Å². The van der Waals surface area contributed by atoms with Gasteiger partial charge >= 0.3 is 0 Å². The molecule has 0 saturated carbocycles. The molecular weight excluding hydrogens is 294 g/mol. The molecule has 20 heavy (non-hydrogen) atoms. The Bertz CT molecular complexity index is 713. The Morgan fingerprint density at radius 3 is 2.25 bits per heavy atom. The number of hydrogen-bond donors (Lipinski definition) is 0. The molecule has 0 saturated heterocycles. The van der Waals surface area contributed by atoms with Crippen molar-refractivity contribution in [3.05, 3.63) is 64.7 Å². The Kier molecular flexibility index (Phi) is 4.35. The highest BCUT2D eigenvalue weighted by Gasteiger charge is 2.20. The van der Waals surface area contributed by atoms with Crippen molar-refractivity contribution in [3.63, 3.8) is 0 Å². The van der Waals surface area contributed by atoms with Crippen LogP contribution in [0.15, 0.2) is 48.5 Å². The van der Waals surface area contributed by atoms with Gasteiger partial charge < -0.3 is 0 Å². The summed E-state index contributed by atoms with van der Waals surface area (Å²) in [5.41, 5.74) is 2.51. The number of rotatable bonds is 4. The van der Waals surface area contributed by atoms with Crippen molar-refractivity contribution in [1.82, 2.24) is 0 Å². The van der Waals surface area contributed by atoms with Crippen molar-refractivity contribution in [2.45, 2.75) is 13.5 Å². The molecule has 0 unspecified atom stereocenters. The van der Waals surface area contributed by atoms with Gasteiger partial charge in [0, 0.05) is 0 Å². The van der Waals surface area contributed by atoms with E-state index in [1.54, 1.807) is 24.3 Å². The summed E-state index contributed by atoms with van der Waals surface area (Å²) >= 11 is 6.12. The first kappa shape index (κ1) is 14.9. The molecule has 0 aliphatic rings. The molecule has 0 bridgehead atoms. The highest BCUT2D eigenvalue weighted by molar-refractivity contribution is 7.92. The smallest absolute Gasteiger partial charge is 0.232 e. The largest absolute Gasteiger partial charge is 0.265 e. The molecule has 3 nitrogen and oxygen atoms in total. The van der Waals surface area contributed by atoms with Crippen LogP contribution in [-0.2, 0) is 16.6 Å².